The number of hydrogen-bond acceptors (Lipinski definition) is 15. The lowest BCUT2D eigenvalue weighted by Gasteiger charge is -2.21. The van der Waals surface area contributed by atoms with E-state index in [1.807, 2.05) is 0 Å². The fourth-order valence-corrected chi connectivity index (χ4v) is 14.0. The summed E-state index contributed by atoms with van der Waals surface area (Å²) in [7, 11) is -9.92. The molecule has 594 valence electrons. The third kappa shape index (κ3) is 73.0. The lowest BCUT2D eigenvalue weighted by atomic mass is 9.99. The molecule has 0 aliphatic heterocycles. The van der Waals surface area contributed by atoms with Gasteiger partial charge in [-0.1, -0.05) is 364 Å². The zero-order valence-electron chi connectivity index (χ0n) is 65.8. The maximum atomic E-state index is 13.1. The minimum absolute atomic E-state index is 0.105. The smallest absolute Gasteiger partial charge is 0.462 e. The number of hydrogen-bond donors (Lipinski definition) is 3. The zero-order chi connectivity index (χ0) is 73.8. The number of unbranched alkanes of at least 4 members (excludes halogenated alkanes) is 43. The molecule has 19 heteroatoms. The topological polar surface area (TPSA) is 237 Å². The minimum atomic E-state index is -4.96. The first-order valence-electron chi connectivity index (χ1n) is 41.7. The average molecular weight is 1470 g/mol. The molecule has 0 heterocycles. The van der Waals surface area contributed by atoms with Gasteiger partial charge >= 0.3 is 39.5 Å². The number of phosphoric acid groups is 2. The Labute approximate surface area is 613 Å². The van der Waals surface area contributed by atoms with E-state index in [-0.39, 0.29) is 25.7 Å². The molecule has 0 bridgehead atoms. The van der Waals surface area contributed by atoms with Crippen LogP contribution in [-0.4, -0.2) is 96.7 Å². The number of carbonyl (C=O) groups is 4. The van der Waals surface area contributed by atoms with Gasteiger partial charge < -0.3 is 33.8 Å². The summed E-state index contributed by atoms with van der Waals surface area (Å²) in [4.78, 5) is 73.0. The molecule has 0 fully saturated rings. The quantitative estimate of drug-likeness (QED) is 0.0222. The predicted molar refractivity (Wildman–Crippen MR) is 409 cm³/mol. The molecule has 0 rings (SSSR count). The number of aliphatic hydroxyl groups excluding tert-OH is 1. The summed E-state index contributed by atoms with van der Waals surface area (Å²) < 4.78 is 68.7. The van der Waals surface area contributed by atoms with Gasteiger partial charge in [-0.15, -0.1) is 0 Å². The van der Waals surface area contributed by atoms with Crippen LogP contribution in [0.1, 0.15) is 415 Å². The molecular formula is C81H158O17P2. The van der Waals surface area contributed by atoms with E-state index in [0.717, 1.165) is 114 Å². The average Bonchev–Trinajstić information content (AvgIpc) is 0.933. The Balaban J connectivity index is 5.24. The van der Waals surface area contributed by atoms with Crippen molar-refractivity contribution in [2.24, 2.45) is 23.7 Å². The second-order valence-electron chi connectivity index (χ2n) is 30.8. The Morgan fingerprint density at radius 2 is 0.480 bits per heavy atom. The van der Waals surface area contributed by atoms with E-state index in [9.17, 15) is 43.2 Å². The number of aliphatic hydroxyl groups is 1. The molecule has 17 nitrogen and oxygen atoms in total. The Morgan fingerprint density at radius 3 is 0.710 bits per heavy atom. The molecule has 0 saturated carbocycles. The van der Waals surface area contributed by atoms with Crippen LogP contribution >= 0.6 is 15.6 Å². The van der Waals surface area contributed by atoms with Crippen molar-refractivity contribution in [3.05, 3.63) is 0 Å². The third-order valence-electron chi connectivity index (χ3n) is 19.2. The molecule has 0 saturated heterocycles. The van der Waals surface area contributed by atoms with Crippen LogP contribution in [0, 0.1) is 23.7 Å². The molecule has 0 aromatic heterocycles. The summed E-state index contributed by atoms with van der Waals surface area (Å²) in [6, 6.07) is 0. The van der Waals surface area contributed by atoms with E-state index in [1.165, 1.54) is 218 Å². The van der Waals surface area contributed by atoms with Gasteiger partial charge in [0.05, 0.1) is 26.4 Å². The predicted octanol–water partition coefficient (Wildman–Crippen LogP) is 24.0. The standard InChI is InChI=1S/C81H158O17P2/c1-9-74(8)60-52-44-36-31-32-38-46-54-62-79(84)92-68-77(98-81(86)64-56-48-40-30-24-27-35-43-51-59-73(6)7)70-96-100(89,90)94-66-75(82)65-93-99(87,88)95-69-76(67-91-78(83)61-53-45-37-28-22-19-18-21-26-34-42-50-58-72(4)5)97-80(85)63-55-47-39-29-23-17-15-13-11-10-12-14-16-20-25-33-41-49-57-71(2)3/h71-77,82H,9-70H2,1-8H3,(H,87,88)(H,89,90)/t74?,75-,76-,77-/m1/s1. The van der Waals surface area contributed by atoms with Crippen LogP contribution in [0.15, 0.2) is 0 Å². The van der Waals surface area contributed by atoms with Gasteiger partial charge in [-0.3, -0.25) is 37.3 Å². The minimum Gasteiger partial charge on any atom is -0.462 e. The van der Waals surface area contributed by atoms with Crippen LogP contribution in [0.5, 0.6) is 0 Å². The van der Waals surface area contributed by atoms with Crippen LogP contribution in [0.25, 0.3) is 0 Å². The van der Waals surface area contributed by atoms with Gasteiger partial charge in [0, 0.05) is 25.7 Å². The molecule has 0 aromatic carbocycles. The highest BCUT2D eigenvalue weighted by Gasteiger charge is 2.30. The van der Waals surface area contributed by atoms with Crippen LogP contribution in [0.2, 0.25) is 0 Å². The fraction of sp³-hybridized carbons (Fsp3) is 0.951. The monoisotopic (exact) mass is 1470 g/mol. The van der Waals surface area contributed by atoms with Gasteiger partial charge in [0.15, 0.2) is 12.2 Å². The Kier molecular flexibility index (Phi) is 68.7. The van der Waals surface area contributed by atoms with Gasteiger partial charge in [-0.2, -0.15) is 0 Å². The molecule has 6 atom stereocenters. The van der Waals surface area contributed by atoms with Crippen molar-refractivity contribution in [2.75, 3.05) is 39.6 Å². The van der Waals surface area contributed by atoms with Crippen molar-refractivity contribution in [1.82, 2.24) is 0 Å². The second-order valence-corrected chi connectivity index (χ2v) is 33.7. The van der Waals surface area contributed by atoms with Gasteiger partial charge in [0.1, 0.15) is 19.3 Å². The Bertz CT molecular complexity index is 1960. The first-order chi connectivity index (χ1) is 48.1. The van der Waals surface area contributed by atoms with Crippen molar-refractivity contribution < 1.29 is 80.2 Å². The lowest BCUT2D eigenvalue weighted by Crippen LogP contribution is -2.30. The number of phosphoric ester groups is 2. The highest BCUT2D eigenvalue weighted by Crippen LogP contribution is 2.45. The normalized spacial score (nSPS) is 14.3. The summed E-state index contributed by atoms with van der Waals surface area (Å²) in [6.45, 7) is 14.3. The number of ether oxygens (including phenoxy) is 4. The van der Waals surface area contributed by atoms with Crippen molar-refractivity contribution in [3.8, 4) is 0 Å². The van der Waals surface area contributed by atoms with Crippen LogP contribution < -0.4 is 0 Å². The molecule has 0 amide bonds. The molecule has 0 aliphatic rings. The van der Waals surface area contributed by atoms with Gasteiger partial charge in [0.2, 0.25) is 0 Å². The highest BCUT2D eigenvalue weighted by molar-refractivity contribution is 7.47. The molecule has 0 spiro atoms. The van der Waals surface area contributed by atoms with E-state index in [2.05, 4.69) is 55.4 Å². The lowest BCUT2D eigenvalue weighted by molar-refractivity contribution is -0.161. The van der Waals surface area contributed by atoms with Gasteiger partial charge in [0.25, 0.3) is 0 Å². The summed E-state index contributed by atoms with van der Waals surface area (Å²) in [6.07, 6.45) is 56.9. The van der Waals surface area contributed by atoms with E-state index < -0.39 is 97.5 Å². The van der Waals surface area contributed by atoms with Crippen LogP contribution in [-0.2, 0) is 65.4 Å². The summed E-state index contributed by atoms with van der Waals surface area (Å²) >= 11 is 0. The Morgan fingerprint density at radius 1 is 0.280 bits per heavy atom. The van der Waals surface area contributed by atoms with E-state index >= 15 is 0 Å². The molecule has 0 aromatic rings. The first-order valence-corrected chi connectivity index (χ1v) is 44.7. The van der Waals surface area contributed by atoms with Crippen molar-refractivity contribution >= 4 is 39.5 Å². The maximum Gasteiger partial charge on any atom is 0.472 e. The summed E-state index contributed by atoms with van der Waals surface area (Å²) in [5.41, 5.74) is 0. The van der Waals surface area contributed by atoms with Gasteiger partial charge in [-0.25, -0.2) is 9.13 Å². The van der Waals surface area contributed by atoms with Crippen LogP contribution in [0.3, 0.4) is 0 Å². The molecule has 0 aliphatic carbocycles. The second kappa shape index (κ2) is 70.1. The first kappa shape index (κ1) is 98.1. The van der Waals surface area contributed by atoms with E-state index in [4.69, 9.17) is 37.0 Å². The zero-order valence-corrected chi connectivity index (χ0v) is 67.6. The van der Waals surface area contributed by atoms with Crippen molar-refractivity contribution in [3.63, 3.8) is 0 Å². The molecule has 0 radical (unpaired) electrons. The molecule has 3 unspecified atom stereocenters. The summed E-state index contributed by atoms with van der Waals surface area (Å²) in [5.74, 6) is 1.00. The van der Waals surface area contributed by atoms with Crippen LogP contribution in [0.4, 0.5) is 0 Å². The van der Waals surface area contributed by atoms with E-state index in [0.29, 0.717) is 25.7 Å². The fourth-order valence-electron chi connectivity index (χ4n) is 12.4. The highest BCUT2D eigenvalue weighted by atomic mass is 31.2. The van der Waals surface area contributed by atoms with Gasteiger partial charge in [-0.05, 0) is 49.4 Å². The maximum absolute atomic E-state index is 13.1. The molecule has 100 heavy (non-hydrogen) atoms. The summed E-state index contributed by atoms with van der Waals surface area (Å²) in [5, 5.41) is 10.6. The SMILES string of the molecule is CCC(C)CCCCCCCCCCC(=O)OC[C@H](COP(=O)(O)OC[C@H](O)COP(=O)(O)OC[C@@H](COC(=O)CCCCCCCCCCCCCCC(C)C)OC(=O)CCCCCCCCCCCCCCCCCCCCC(C)C)OC(=O)CCCCCCCCCCCC(C)C. The molecule has 3 N–H and O–H groups in total. The third-order valence-corrected chi connectivity index (χ3v) is 21.1. The molecular weight excluding hydrogens is 1310 g/mol. The van der Waals surface area contributed by atoms with E-state index in [1.54, 1.807) is 0 Å². The number of carbonyl (C=O) groups excluding carboxylic acids is 4. The van der Waals surface area contributed by atoms with Crippen molar-refractivity contribution in [1.29, 1.82) is 0 Å². The largest absolute Gasteiger partial charge is 0.472 e. The van der Waals surface area contributed by atoms with Crippen molar-refractivity contribution in [2.45, 2.75) is 433 Å². The Hall–Kier alpha value is -1.94. The number of rotatable bonds is 78. The number of esters is 4.